The first-order valence-electron chi connectivity index (χ1n) is 9.49. The van der Waals surface area contributed by atoms with E-state index in [0.29, 0.717) is 6.42 Å². The van der Waals surface area contributed by atoms with Gasteiger partial charge in [-0.05, 0) is 48.9 Å². The standard InChI is InChI=1S/C22H28O4S/c1-16(2)21-20-7-5-4-6-18(20)12-13-22(21,23)14-15-26-27(24,25)19-10-8-17(3)9-11-19/h4-11,16,21,23H,12-15H2,1-3H3/t21-,22+/m0/s1. The summed E-state index contributed by atoms with van der Waals surface area (Å²) in [7, 11) is -3.81. The predicted octanol–water partition coefficient (Wildman–Crippen LogP) is 4.21. The highest BCUT2D eigenvalue weighted by atomic mass is 32.2. The Labute approximate surface area is 162 Å². The summed E-state index contributed by atoms with van der Waals surface area (Å²) in [4.78, 5) is 0.148. The molecule has 2 aromatic rings. The molecule has 0 aliphatic heterocycles. The largest absolute Gasteiger partial charge is 0.389 e. The summed E-state index contributed by atoms with van der Waals surface area (Å²) < 4.78 is 30.1. The molecule has 0 heterocycles. The first-order chi connectivity index (χ1) is 12.7. The first kappa shape index (κ1) is 20.1. The number of hydrogen-bond acceptors (Lipinski definition) is 4. The highest BCUT2D eigenvalue weighted by Gasteiger charge is 2.43. The molecule has 0 bridgehead atoms. The van der Waals surface area contributed by atoms with Gasteiger partial charge in [-0.1, -0.05) is 55.8 Å². The average molecular weight is 389 g/mol. The Morgan fingerprint density at radius 1 is 1.15 bits per heavy atom. The quantitative estimate of drug-likeness (QED) is 0.753. The zero-order chi connectivity index (χ0) is 19.7. The van der Waals surface area contributed by atoms with E-state index < -0.39 is 15.7 Å². The van der Waals surface area contributed by atoms with Crippen LogP contribution in [0.1, 0.15) is 49.3 Å². The number of hydrogen-bond donors (Lipinski definition) is 1. The van der Waals surface area contributed by atoms with Gasteiger partial charge in [-0.3, -0.25) is 4.18 Å². The molecule has 1 aliphatic carbocycles. The van der Waals surface area contributed by atoms with E-state index in [9.17, 15) is 13.5 Å². The van der Waals surface area contributed by atoms with Crippen LogP contribution in [0.4, 0.5) is 0 Å². The number of benzene rings is 2. The third kappa shape index (κ3) is 4.26. The van der Waals surface area contributed by atoms with Gasteiger partial charge in [0.15, 0.2) is 0 Å². The predicted molar refractivity (Wildman–Crippen MR) is 106 cm³/mol. The minimum absolute atomic E-state index is 0.0297. The maximum atomic E-state index is 12.4. The normalized spacial score (nSPS) is 22.6. The second-order valence-corrected chi connectivity index (χ2v) is 9.48. The molecule has 27 heavy (non-hydrogen) atoms. The molecule has 0 amide bonds. The fourth-order valence-electron chi connectivity index (χ4n) is 4.22. The number of aryl methyl sites for hydroxylation is 2. The summed E-state index contributed by atoms with van der Waals surface area (Å²) in [5, 5.41) is 11.4. The molecular formula is C22H28O4S. The minimum Gasteiger partial charge on any atom is -0.389 e. The molecule has 0 radical (unpaired) electrons. The summed E-state index contributed by atoms with van der Waals surface area (Å²) in [5.74, 6) is 0.207. The van der Waals surface area contributed by atoms with E-state index in [2.05, 4.69) is 26.0 Å². The summed E-state index contributed by atoms with van der Waals surface area (Å²) >= 11 is 0. The molecular weight excluding hydrogens is 360 g/mol. The zero-order valence-electron chi connectivity index (χ0n) is 16.2. The van der Waals surface area contributed by atoms with E-state index in [0.717, 1.165) is 12.0 Å². The van der Waals surface area contributed by atoms with Crippen molar-refractivity contribution in [3.05, 3.63) is 65.2 Å². The van der Waals surface area contributed by atoms with Crippen LogP contribution in [-0.4, -0.2) is 25.7 Å². The van der Waals surface area contributed by atoms with Crippen LogP contribution in [0.2, 0.25) is 0 Å². The highest BCUT2D eigenvalue weighted by molar-refractivity contribution is 7.86. The van der Waals surface area contributed by atoms with Crippen molar-refractivity contribution in [1.29, 1.82) is 0 Å². The summed E-state index contributed by atoms with van der Waals surface area (Å²) in [6.07, 6.45) is 1.69. The van der Waals surface area contributed by atoms with Crippen LogP contribution in [0, 0.1) is 12.8 Å². The average Bonchev–Trinajstić information content (AvgIpc) is 2.61. The van der Waals surface area contributed by atoms with Crippen molar-refractivity contribution in [3.63, 3.8) is 0 Å². The smallest absolute Gasteiger partial charge is 0.296 e. The van der Waals surface area contributed by atoms with E-state index in [1.165, 1.54) is 11.1 Å². The molecule has 0 fully saturated rings. The van der Waals surface area contributed by atoms with E-state index >= 15 is 0 Å². The van der Waals surface area contributed by atoms with E-state index in [4.69, 9.17) is 4.18 Å². The van der Waals surface area contributed by atoms with Crippen molar-refractivity contribution < 1.29 is 17.7 Å². The zero-order valence-corrected chi connectivity index (χ0v) is 17.0. The summed E-state index contributed by atoms with van der Waals surface area (Å²) in [6.45, 7) is 6.07. The van der Waals surface area contributed by atoms with Crippen molar-refractivity contribution in [2.45, 2.75) is 56.4 Å². The Balaban J connectivity index is 1.74. The second-order valence-electron chi connectivity index (χ2n) is 7.86. The number of rotatable bonds is 6. The number of fused-ring (bicyclic) bond motifs is 1. The Morgan fingerprint density at radius 2 is 1.81 bits per heavy atom. The van der Waals surface area contributed by atoms with Crippen LogP contribution < -0.4 is 0 Å². The summed E-state index contributed by atoms with van der Waals surface area (Å²) in [6, 6.07) is 14.8. The lowest BCUT2D eigenvalue weighted by atomic mass is 9.66. The van der Waals surface area contributed by atoms with Gasteiger partial charge in [-0.15, -0.1) is 0 Å². The Kier molecular flexibility index (Phi) is 5.75. The minimum atomic E-state index is -3.81. The van der Waals surface area contributed by atoms with Crippen LogP contribution in [-0.2, 0) is 20.7 Å². The van der Waals surface area contributed by atoms with Crippen LogP contribution in [0.3, 0.4) is 0 Å². The Morgan fingerprint density at radius 3 is 2.48 bits per heavy atom. The van der Waals surface area contributed by atoms with Crippen LogP contribution >= 0.6 is 0 Å². The number of aliphatic hydroxyl groups is 1. The molecule has 2 aromatic carbocycles. The topological polar surface area (TPSA) is 63.6 Å². The molecule has 0 aromatic heterocycles. The van der Waals surface area contributed by atoms with Gasteiger partial charge in [-0.2, -0.15) is 8.42 Å². The molecule has 0 saturated heterocycles. The van der Waals surface area contributed by atoms with E-state index in [1.807, 2.05) is 19.1 Å². The lowest BCUT2D eigenvalue weighted by Crippen LogP contribution is -2.43. The monoisotopic (exact) mass is 388 g/mol. The Bertz CT molecular complexity index is 887. The van der Waals surface area contributed by atoms with Crippen molar-refractivity contribution in [3.8, 4) is 0 Å². The van der Waals surface area contributed by atoms with Gasteiger partial charge in [0.05, 0.1) is 17.1 Å². The van der Waals surface area contributed by atoms with Gasteiger partial charge >= 0.3 is 0 Å². The van der Waals surface area contributed by atoms with Crippen molar-refractivity contribution in [1.82, 2.24) is 0 Å². The van der Waals surface area contributed by atoms with Gasteiger partial charge in [0.2, 0.25) is 0 Å². The van der Waals surface area contributed by atoms with E-state index in [1.54, 1.807) is 24.3 Å². The summed E-state index contributed by atoms with van der Waals surface area (Å²) in [5.41, 5.74) is 2.46. The third-order valence-corrected chi connectivity index (χ3v) is 6.87. The van der Waals surface area contributed by atoms with Gasteiger partial charge in [0, 0.05) is 12.3 Å². The van der Waals surface area contributed by atoms with Crippen molar-refractivity contribution >= 4 is 10.1 Å². The maximum absolute atomic E-state index is 12.4. The van der Waals surface area contributed by atoms with Gasteiger partial charge in [0.1, 0.15) is 0 Å². The molecule has 4 nitrogen and oxygen atoms in total. The lowest BCUT2D eigenvalue weighted by molar-refractivity contribution is -0.0327. The molecule has 1 N–H and O–H groups in total. The Hall–Kier alpha value is -1.69. The molecule has 1 aliphatic rings. The van der Waals surface area contributed by atoms with Crippen molar-refractivity contribution in [2.24, 2.45) is 5.92 Å². The van der Waals surface area contributed by atoms with Crippen LogP contribution in [0.5, 0.6) is 0 Å². The molecule has 146 valence electrons. The molecule has 3 rings (SSSR count). The SMILES string of the molecule is Cc1ccc(S(=O)(=O)OCC[C@]2(O)CCc3ccccc3[C@@H]2C(C)C)cc1. The molecule has 0 spiro atoms. The molecule has 5 heteroatoms. The van der Waals surface area contributed by atoms with Gasteiger partial charge in [-0.25, -0.2) is 0 Å². The maximum Gasteiger partial charge on any atom is 0.296 e. The fraction of sp³-hybridized carbons (Fsp3) is 0.455. The van der Waals surface area contributed by atoms with Crippen LogP contribution in [0.15, 0.2) is 53.4 Å². The lowest BCUT2D eigenvalue weighted by Gasteiger charge is -2.43. The molecule has 0 saturated carbocycles. The molecule has 2 atom stereocenters. The second kappa shape index (κ2) is 7.74. The fourth-order valence-corrected chi connectivity index (χ4v) is 5.13. The van der Waals surface area contributed by atoms with Gasteiger partial charge < -0.3 is 5.11 Å². The first-order valence-corrected chi connectivity index (χ1v) is 10.9. The van der Waals surface area contributed by atoms with Crippen molar-refractivity contribution in [2.75, 3.05) is 6.61 Å². The van der Waals surface area contributed by atoms with E-state index in [-0.39, 0.29) is 29.8 Å². The highest BCUT2D eigenvalue weighted by Crippen LogP contribution is 2.45. The van der Waals surface area contributed by atoms with Gasteiger partial charge in [0.25, 0.3) is 10.1 Å². The van der Waals surface area contributed by atoms with Crippen LogP contribution in [0.25, 0.3) is 0 Å². The molecule has 0 unspecified atom stereocenters. The third-order valence-electron chi connectivity index (χ3n) is 5.55.